The molecule has 0 bridgehead atoms. The maximum absolute atomic E-state index is 6.19. The van der Waals surface area contributed by atoms with Crippen LogP contribution >= 0.6 is 0 Å². The van der Waals surface area contributed by atoms with Gasteiger partial charge in [0.2, 0.25) is 0 Å². The molecular formula is C18H29NO2. The summed E-state index contributed by atoms with van der Waals surface area (Å²) in [5.41, 5.74) is 1.34. The molecule has 0 radical (unpaired) electrons. The van der Waals surface area contributed by atoms with E-state index in [0.717, 1.165) is 36.0 Å². The molecule has 0 N–H and O–H groups in total. The molecule has 1 aromatic rings. The average Bonchev–Trinajstić information content (AvgIpc) is 2.48. The van der Waals surface area contributed by atoms with Gasteiger partial charge in [0.05, 0.1) is 18.9 Å². The first-order chi connectivity index (χ1) is 9.97. The van der Waals surface area contributed by atoms with E-state index in [-0.39, 0.29) is 0 Å². The van der Waals surface area contributed by atoms with Crippen molar-refractivity contribution in [3.63, 3.8) is 0 Å². The van der Waals surface area contributed by atoms with E-state index in [2.05, 4.69) is 25.8 Å². The lowest BCUT2D eigenvalue weighted by atomic mass is 9.69. The minimum Gasteiger partial charge on any atom is -0.491 e. The van der Waals surface area contributed by atoms with Gasteiger partial charge in [0.15, 0.2) is 11.5 Å². The second-order valence-corrected chi connectivity index (χ2v) is 6.86. The fourth-order valence-electron chi connectivity index (χ4n) is 3.30. The van der Waals surface area contributed by atoms with Gasteiger partial charge in [0.1, 0.15) is 0 Å². The Labute approximate surface area is 129 Å². The number of ether oxygens (including phenoxy) is 2. The molecule has 3 heteroatoms. The molecule has 118 valence electrons. The number of pyridine rings is 1. The lowest BCUT2D eigenvalue weighted by Gasteiger charge is -2.38. The van der Waals surface area contributed by atoms with Gasteiger partial charge in [-0.15, -0.1) is 0 Å². The zero-order valence-corrected chi connectivity index (χ0v) is 14.1. The molecule has 1 aliphatic rings. The first-order valence-corrected chi connectivity index (χ1v) is 8.14. The Kier molecular flexibility index (Phi) is 5.13. The molecule has 0 spiro atoms. The van der Waals surface area contributed by atoms with Crippen molar-refractivity contribution in [3.05, 3.63) is 18.0 Å². The Bertz CT molecular complexity index is 462. The third kappa shape index (κ3) is 3.69. The van der Waals surface area contributed by atoms with Crippen LogP contribution in [0.3, 0.4) is 0 Å². The largest absolute Gasteiger partial charge is 0.491 e. The van der Waals surface area contributed by atoms with Crippen LogP contribution in [0.15, 0.2) is 12.3 Å². The third-order valence-corrected chi connectivity index (χ3v) is 5.23. The smallest absolute Gasteiger partial charge is 0.182 e. The number of nitrogens with zero attached hydrogens (tertiary/aromatic N) is 1. The molecule has 0 atom stereocenters. The van der Waals surface area contributed by atoms with Gasteiger partial charge < -0.3 is 9.47 Å². The van der Waals surface area contributed by atoms with Gasteiger partial charge >= 0.3 is 0 Å². The van der Waals surface area contributed by atoms with E-state index in [1.54, 1.807) is 13.3 Å². The Hall–Kier alpha value is -1.25. The zero-order chi connectivity index (χ0) is 15.5. The van der Waals surface area contributed by atoms with Crippen LogP contribution in [0.1, 0.15) is 58.6 Å². The van der Waals surface area contributed by atoms with E-state index in [1.165, 1.54) is 19.3 Å². The molecule has 3 nitrogen and oxygen atoms in total. The molecule has 1 aromatic heterocycles. The Morgan fingerprint density at radius 2 is 1.90 bits per heavy atom. The minimum atomic E-state index is 0.310. The van der Waals surface area contributed by atoms with Gasteiger partial charge in [-0.3, -0.25) is 4.98 Å². The van der Waals surface area contributed by atoms with Gasteiger partial charge in [-0.1, -0.05) is 27.2 Å². The highest BCUT2D eigenvalue weighted by Gasteiger charge is 2.32. The normalized spacial score (nSPS) is 22.9. The predicted octanol–water partition coefficient (Wildman–Crippen LogP) is 4.77. The molecule has 1 heterocycles. The molecule has 0 saturated heterocycles. The fourth-order valence-corrected chi connectivity index (χ4v) is 3.30. The van der Waals surface area contributed by atoms with Crippen LogP contribution < -0.4 is 9.47 Å². The molecule has 0 unspecified atom stereocenters. The van der Waals surface area contributed by atoms with Crippen LogP contribution in [0.4, 0.5) is 0 Å². The summed E-state index contributed by atoms with van der Waals surface area (Å²) >= 11 is 0. The average molecular weight is 291 g/mol. The number of hydrogen-bond donors (Lipinski definition) is 0. The van der Waals surface area contributed by atoms with E-state index in [1.807, 2.05) is 13.0 Å². The highest BCUT2D eigenvalue weighted by atomic mass is 16.5. The summed E-state index contributed by atoms with van der Waals surface area (Å²) in [5, 5.41) is 0. The summed E-state index contributed by atoms with van der Waals surface area (Å²) in [6.07, 6.45) is 8.15. The maximum Gasteiger partial charge on any atom is 0.182 e. The summed E-state index contributed by atoms with van der Waals surface area (Å²) in [5.74, 6) is 2.43. The van der Waals surface area contributed by atoms with Gasteiger partial charge in [0, 0.05) is 12.3 Å². The molecular weight excluding hydrogens is 262 g/mol. The molecule has 1 aliphatic carbocycles. The quantitative estimate of drug-likeness (QED) is 0.783. The lowest BCUT2D eigenvalue weighted by molar-refractivity contribution is 0.0761. The summed E-state index contributed by atoms with van der Waals surface area (Å²) in [4.78, 5) is 4.25. The Morgan fingerprint density at radius 3 is 2.48 bits per heavy atom. The van der Waals surface area contributed by atoms with Crippen LogP contribution in [-0.4, -0.2) is 18.2 Å². The molecule has 1 saturated carbocycles. The highest BCUT2D eigenvalue weighted by molar-refractivity contribution is 5.42. The van der Waals surface area contributed by atoms with Crippen molar-refractivity contribution in [3.8, 4) is 11.5 Å². The van der Waals surface area contributed by atoms with Crippen LogP contribution in [0.2, 0.25) is 0 Å². The van der Waals surface area contributed by atoms with E-state index < -0.39 is 0 Å². The minimum absolute atomic E-state index is 0.310. The van der Waals surface area contributed by atoms with Gasteiger partial charge in [-0.25, -0.2) is 0 Å². The number of hydrogen-bond acceptors (Lipinski definition) is 3. The van der Waals surface area contributed by atoms with Crippen LogP contribution in [0, 0.1) is 18.3 Å². The molecule has 0 aliphatic heterocycles. The van der Waals surface area contributed by atoms with Crippen LogP contribution in [-0.2, 0) is 0 Å². The van der Waals surface area contributed by atoms with Gasteiger partial charge in [-0.2, -0.15) is 0 Å². The molecule has 0 amide bonds. The van der Waals surface area contributed by atoms with Crippen molar-refractivity contribution in [2.24, 2.45) is 11.3 Å². The summed E-state index contributed by atoms with van der Waals surface area (Å²) in [7, 11) is 1.68. The van der Waals surface area contributed by atoms with E-state index in [9.17, 15) is 0 Å². The van der Waals surface area contributed by atoms with Crippen molar-refractivity contribution in [1.29, 1.82) is 0 Å². The van der Waals surface area contributed by atoms with Gasteiger partial charge in [-0.05, 0) is 43.9 Å². The predicted molar refractivity (Wildman–Crippen MR) is 86.0 cm³/mol. The van der Waals surface area contributed by atoms with Crippen molar-refractivity contribution >= 4 is 0 Å². The van der Waals surface area contributed by atoms with Crippen LogP contribution in [0.25, 0.3) is 0 Å². The molecule has 21 heavy (non-hydrogen) atoms. The molecule has 0 aromatic carbocycles. The first-order valence-electron chi connectivity index (χ1n) is 8.14. The standard InChI is InChI=1S/C18H29NO2/c1-6-18(3,4)14-7-9-15(10-8-14)21-16-11-12-19-13(2)17(16)20-5/h11-12,14-15H,6-10H2,1-5H3/t14-,15+. The first kappa shape index (κ1) is 16.1. The highest BCUT2D eigenvalue weighted by Crippen LogP contribution is 2.41. The summed E-state index contributed by atoms with van der Waals surface area (Å²) < 4.78 is 11.6. The monoisotopic (exact) mass is 291 g/mol. The topological polar surface area (TPSA) is 31.4 Å². The molecule has 1 fully saturated rings. The number of rotatable bonds is 5. The van der Waals surface area contributed by atoms with Gasteiger partial charge in [0.25, 0.3) is 0 Å². The van der Waals surface area contributed by atoms with E-state index >= 15 is 0 Å². The third-order valence-electron chi connectivity index (χ3n) is 5.23. The summed E-state index contributed by atoms with van der Waals surface area (Å²) in [6, 6.07) is 1.91. The van der Waals surface area contributed by atoms with E-state index in [0.29, 0.717) is 11.5 Å². The van der Waals surface area contributed by atoms with Crippen molar-refractivity contribution in [2.45, 2.75) is 65.9 Å². The fraction of sp³-hybridized carbons (Fsp3) is 0.722. The second kappa shape index (κ2) is 6.67. The van der Waals surface area contributed by atoms with Crippen molar-refractivity contribution < 1.29 is 9.47 Å². The van der Waals surface area contributed by atoms with Crippen molar-refractivity contribution in [1.82, 2.24) is 4.98 Å². The van der Waals surface area contributed by atoms with Crippen LogP contribution in [0.5, 0.6) is 11.5 Å². The van der Waals surface area contributed by atoms with Crippen molar-refractivity contribution in [2.75, 3.05) is 7.11 Å². The van der Waals surface area contributed by atoms with E-state index in [4.69, 9.17) is 9.47 Å². The Balaban J connectivity index is 1.97. The lowest BCUT2D eigenvalue weighted by Crippen LogP contribution is -2.31. The Morgan fingerprint density at radius 1 is 1.24 bits per heavy atom. The number of methoxy groups -OCH3 is 1. The summed E-state index contributed by atoms with van der Waals surface area (Å²) in [6.45, 7) is 9.04. The molecule has 2 rings (SSSR count). The number of aryl methyl sites for hydroxylation is 1. The number of aromatic nitrogens is 1. The second-order valence-electron chi connectivity index (χ2n) is 6.86. The SMILES string of the molecule is CCC(C)(C)[C@H]1CC[C@@H](Oc2ccnc(C)c2OC)CC1. The maximum atomic E-state index is 6.19. The zero-order valence-electron chi connectivity index (χ0n) is 14.1.